The van der Waals surface area contributed by atoms with Crippen LogP contribution in [0.2, 0.25) is 0 Å². The molecule has 3 saturated heterocycles. The monoisotopic (exact) mass is 532 g/mol. The highest BCUT2D eigenvalue weighted by atomic mass is 16.6. The van der Waals surface area contributed by atoms with Gasteiger partial charge in [-0.05, 0) is 63.3 Å². The van der Waals surface area contributed by atoms with Crippen LogP contribution in [0.1, 0.15) is 43.0 Å². The van der Waals surface area contributed by atoms with Crippen LogP contribution in [0.25, 0.3) is 0 Å². The average molecular weight is 533 g/mol. The van der Waals surface area contributed by atoms with Crippen LogP contribution in [0.15, 0.2) is 49.1 Å². The number of aliphatic carboxylic acids is 1. The molecule has 5 heterocycles. The van der Waals surface area contributed by atoms with E-state index in [1.165, 1.54) is 11.1 Å². The van der Waals surface area contributed by atoms with E-state index in [9.17, 15) is 5.11 Å². The molecular formula is C28H44N4O6. The van der Waals surface area contributed by atoms with Crippen molar-refractivity contribution in [1.82, 2.24) is 19.8 Å². The van der Waals surface area contributed by atoms with E-state index in [0.717, 1.165) is 46.1 Å². The first-order chi connectivity index (χ1) is 18.4. The largest absolute Gasteiger partial charge is 0.481 e. The lowest BCUT2D eigenvalue weighted by molar-refractivity contribution is -0.134. The van der Waals surface area contributed by atoms with Gasteiger partial charge in [0.25, 0.3) is 5.97 Å². The van der Waals surface area contributed by atoms with Gasteiger partial charge < -0.3 is 24.8 Å². The summed E-state index contributed by atoms with van der Waals surface area (Å²) in [6.07, 6.45) is 9.64. The Morgan fingerprint density at radius 1 is 0.974 bits per heavy atom. The van der Waals surface area contributed by atoms with Gasteiger partial charge in [0.2, 0.25) is 0 Å². The first-order valence-corrected chi connectivity index (χ1v) is 13.2. The minimum atomic E-state index is -0.833. The van der Waals surface area contributed by atoms with E-state index < -0.39 is 5.97 Å². The summed E-state index contributed by atoms with van der Waals surface area (Å²) in [5.74, 6) is 0.0277. The van der Waals surface area contributed by atoms with E-state index in [0.29, 0.717) is 37.1 Å². The Labute approximate surface area is 226 Å². The minimum absolute atomic E-state index is 0.0973. The van der Waals surface area contributed by atoms with Gasteiger partial charge >= 0.3 is 0 Å². The summed E-state index contributed by atoms with van der Waals surface area (Å²) in [6, 6.07) is 8.88. The Kier molecular flexibility index (Phi) is 15.0. The molecule has 0 aliphatic carbocycles. The minimum Gasteiger partial charge on any atom is -0.481 e. The summed E-state index contributed by atoms with van der Waals surface area (Å²) in [7, 11) is 4.25. The van der Waals surface area contributed by atoms with Crippen LogP contribution >= 0.6 is 0 Å². The normalized spacial score (nSPS) is 24.2. The molecule has 10 heteroatoms. The second-order valence-electron chi connectivity index (χ2n) is 9.63. The topological polar surface area (TPSA) is 132 Å². The predicted molar refractivity (Wildman–Crippen MR) is 145 cm³/mol. The fraction of sp³-hybridized carbons (Fsp3) is 0.607. The number of ether oxygens (including phenoxy) is 2. The van der Waals surface area contributed by atoms with Gasteiger partial charge in [-0.25, -0.2) is 0 Å². The van der Waals surface area contributed by atoms with Gasteiger partial charge in [0, 0.05) is 62.2 Å². The molecule has 0 amide bonds. The van der Waals surface area contributed by atoms with E-state index in [1.807, 2.05) is 24.5 Å². The molecule has 3 aliphatic heterocycles. The Bertz CT molecular complexity index is 883. The molecule has 38 heavy (non-hydrogen) atoms. The Morgan fingerprint density at radius 2 is 1.45 bits per heavy atom. The van der Waals surface area contributed by atoms with Crippen molar-refractivity contribution in [2.75, 3.05) is 66.8 Å². The second kappa shape index (κ2) is 17.9. The van der Waals surface area contributed by atoms with Gasteiger partial charge in [-0.2, -0.15) is 0 Å². The number of aliphatic hydroxyl groups excluding tert-OH is 2. The maximum Gasteiger partial charge on any atom is 0.300 e. The zero-order chi connectivity index (χ0) is 27.8. The predicted octanol–water partition coefficient (Wildman–Crippen LogP) is 2.26. The molecule has 0 spiro atoms. The maximum absolute atomic E-state index is 9.27. The molecule has 2 aromatic rings. The van der Waals surface area contributed by atoms with Gasteiger partial charge in [-0.1, -0.05) is 12.1 Å². The molecule has 4 atom stereocenters. The lowest BCUT2D eigenvalue weighted by Gasteiger charge is -2.25. The van der Waals surface area contributed by atoms with Crippen molar-refractivity contribution in [3.05, 3.63) is 60.2 Å². The standard InChI is InChI=1S/C13H20N2O2.C11H16N2O.C2H4O2.C2H4O/c1-15-6-4-12(10-17-8-7-16)13(15)11-3-2-5-14-9-11;1-13-6-4-10(8-14)11(13)9-3-2-5-12-7-9;1-2(3)4;1-2-3-1/h2-3,5,9,12-13,16H,4,6-8,10H2,1H3;2-3,5,7,10-11,14H,4,6,8H2,1H3;1H3,(H,3,4);1-2H2. The fourth-order valence-electron chi connectivity index (χ4n) is 4.87. The molecular weight excluding hydrogens is 488 g/mol. The number of hydrogen-bond acceptors (Lipinski definition) is 9. The van der Waals surface area contributed by atoms with Crippen LogP contribution in [-0.2, 0) is 14.3 Å². The number of nitrogens with zero attached hydrogens (tertiary/aromatic N) is 4. The SMILES string of the molecule is C1CO1.CC(=O)O.CN1CCC(CO)C1c1cccnc1.CN1CCC(COCCO)C1c1cccnc1. The van der Waals surface area contributed by atoms with Crippen LogP contribution in [0.3, 0.4) is 0 Å². The molecule has 10 nitrogen and oxygen atoms in total. The Hall–Kier alpha value is -2.47. The number of carboxylic acid groups (broad SMARTS) is 1. The number of rotatable bonds is 7. The molecule has 3 aliphatic rings. The van der Waals surface area contributed by atoms with Crippen molar-refractivity contribution < 1.29 is 29.6 Å². The number of carboxylic acids is 1. The van der Waals surface area contributed by atoms with E-state index in [4.69, 9.17) is 19.7 Å². The van der Waals surface area contributed by atoms with Crippen LogP contribution in [-0.4, -0.2) is 108 Å². The van der Waals surface area contributed by atoms with Gasteiger partial charge in [-0.3, -0.25) is 24.6 Å². The van der Waals surface area contributed by atoms with Crippen molar-refractivity contribution in [3.63, 3.8) is 0 Å². The van der Waals surface area contributed by atoms with E-state index >= 15 is 0 Å². The summed E-state index contributed by atoms with van der Waals surface area (Å²) >= 11 is 0. The summed E-state index contributed by atoms with van der Waals surface area (Å²) in [5.41, 5.74) is 2.47. The zero-order valence-corrected chi connectivity index (χ0v) is 22.9. The van der Waals surface area contributed by atoms with E-state index in [2.05, 4.69) is 50.7 Å². The lowest BCUT2D eigenvalue weighted by Crippen LogP contribution is -2.23. The van der Waals surface area contributed by atoms with Crippen molar-refractivity contribution in [3.8, 4) is 0 Å². The average Bonchev–Trinajstić information content (AvgIpc) is 3.69. The highest BCUT2D eigenvalue weighted by Gasteiger charge is 2.33. The molecule has 2 aromatic heterocycles. The van der Waals surface area contributed by atoms with Crippen LogP contribution < -0.4 is 0 Å². The third-order valence-corrected chi connectivity index (χ3v) is 6.61. The first-order valence-electron chi connectivity index (χ1n) is 13.2. The number of carbonyl (C=O) groups is 1. The number of pyridine rings is 2. The fourth-order valence-corrected chi connectivity index (χ4v) is 4.87. The summed E-state index contributed by atoms with van der Waals surface area (Å²) < 4.78 is 9.97. The smallest absolute Gasteiger partial charge is 0.300 e. The third-order valence-electron chi connectivity index (χ3n) is 6.61. The quantitative estimate of drug-likeness (QED) is 0.360. The number of epoxide rings is 1. The second-order valence-corrected chi connectivity index (χ2v) is 9.63. The van der Waals surface area contributed by atoms with Crippen LogP contribution in [0.5, 0.6) is 0 Å². The van der Waals surface area contributed by atoms with Gasteiger partial charge in [0.1, 0.15) is 0 Å². The van der Waals surface area contributed by atoms with Gasteiger partial charge in [0.15, 0.2) is 0 Å². The zero-order valence-electron chi connectivity index (χ0n) is 22.9. The molecule has 0 bridgehead atoms. The van der Waals surface area contributed by atoms with E-state index in [-0.39, 0.29) is 13.2 Å². The molecule has 212 valence electrons. The van der Waals surface area contributed by atoms with E-state index in [1.54, 1.807) is 12.4 Å². The lowest BCUT2D eigenvalue weighted by atomic mass is 9.96. The highest BCUT2D eigenvalue weighted by Crippen LogP contribution is 2.36. The Balaban J connectivity index is 0.000000215. The van der Waals surface area contributed by atoms with Crippen molar-refractivity contribution in [2.45, 2.75) is 31.8 Å². The molecule has 3 fully saturated rings. The number of hydrogen-bond donors (Lipinski definition) is 3. The molecule has 5 rings (SSSR count). The summed E-state index contributed by atoms with van der Waals surface area (Å²) in [5, 5.41) is 25.4. The van der Waals surface area contributed by atoms with Gasteiger partial charge in [-0.15, -0.1) is 0 Å². The molecule has 3 N–H and O–H groups in total. The van der Waals surface area contributed by atoms with Gasteiger partial charge in [0.05, 0.1) is 33.0 Å². The molecule has 0 saturated carbocycles. The third kappa shape index (κ3) is 11.5. The maximum atomic E-state index is 9.27. The Morgan fingerprint density at radius 3 is 1.84 bits per heavy atom. The number of likely N-dealkylation sites (tertiary alicyclic amines) is 2. The summed E-state index contributed by atoms with van der Waals surface area (Å²) in [4.78, 5) is 22.0. The highest BCUT2D eigenvalue weighted by molar-refractivity contribution is 5.62. The van der Waals surface area contributed by atoms with Crippen molar-refractivity contribution in [2.24, 2.45) is 11.8 Å². The van der Waals surface area contributed by atoms with Crippen LogP contribution in [0.4, 0.5) is 0 Å². The molecule has 0 aromatic carbocycles. The number of aromatic nitrogens is 2. The summed E-state index contributed by atoms with van der Waals surface area (Å²) in [6.45, 7) is 6.74. The van der Waals surface area contributed by atoms with Crippen molar-refractivity contribution in [1.29, 1.82) is 0 Å². The molecule has 0 radical (unpaired) electrons. The number of aliphatic hydroxyl groups is 2. The first kappa shape index (κ1) is 31.7. The molecule has 4 unspecified atom stereocenters. The van der Waals surface area contributed by atoms with Crippen molar-refractivity contribution >= 4 is 5.97 Å². The van der Waals surface area contributed by atoms with Crippen LogP contribution in [0, 0.1) is 11.8 Å².